The molecule has 0 aliphatic heterocycles. The molecule has 0 radical (unpaired) electrons. The second-order valence-corrected chi connectivity index (χ2v) is 6.78. The zero-order valence-electron chi connectivity index (χ0n) is 15.8. The number of aryl methyl sites for hydroxylation is 1. The van der Waals surface area contributed by atoms with Crippen molar-refractivity contribution in [3.63, 3.8) is 0 Å². The lowest BCUT2D eigenvalue weighted by Crippen LogP contribution is -2.41. The van der Waals surface area contributed by atoms with Gasteiger partial charge in [-0.05, 0) is 37.6 Å². The van der Waals surface area contributed by atoms with Crippen LogP contribution in [0.15, 0.2) is 51.9 Å². The predicted molar refractivity (Wildman–Crippen MR) is 113 cm³/mol. The van der Waals surface area contributed by atoms with Gasteiger partial charge in [-0.25, -0.2) is 4.99 Å². The molecule has 27 heavy (non-hydrogen) atoms. The minimum atomic E-state index is -0.140. The Hall–Kier alpha value is -2.54. The van der Waals surface area contributed by atoms with Crippen LogP contribution < -0.4 is 20.7 Å². The summed E-state index contributed by atoms with van der Waals surface area (Å²) in [5, 5.41) is 9.10. The lowest BCUT2D eigenvalue weighted by atomic mass is 10.2. The second-order valence-electron chi connectivity index (χ2n) is 5.87. The van der Waals surface area contributed by atoms with Crippen LogP contribution in [0.4, 0.5) is 5.69 Å². The fourth-order valence-electron chi connectivity index (χ4n) is 2.43. The first-order valence-corrected chi connectivity index (χ1v) is 9.53. The van der Waals surface area contributed by atoms with Crippen molar-refractivity contribution < 1.29 is 9.53 Å². The van der Waals surface area contributed by atoms with Crippen molar-refractivity contribution in [1.82, 2.24) is 10.6 Å². The number of methoxy groups -OCH3 is 1. The van der Waals surface area contributed by atoms with E-state index in [2.05, 4.69) is 36.9 Å². The normalized spacial score (nSPS) is 11.0. The molecule has 0 spiro atoms. The zero-order valence-corrected chi connectivity index (χ0v) is 17.4. The van der Waals surface area contributed by atoms with Gasteiger partial charge in [0, 0.05) is 22.3 Å². The molecule has 0 heterocycles. The van der Waals surface area contributed by atoms with E-state index in [1.807, 2.05) is 56.3 Å². The summed E-state index contributed by atoms with van der Waals surface area (Å²) in [4.78, 5) is 16.8. The van der Waals surface area contributed by atoms with Crippen molar-refractivity contribution in [3.8, 4) is 5.75 Å². The summed E-state index contributed by atoms with van der Waals surface area (Å²) < 4.78 is 6.26. The van der Waals surface area contributed by atoms with Gasteiger partial charge in [0.1, 0.15) is 5.75 Å². The molecule has 0 aliphatic carbocycles. The van der Waals surface area contributed by atoms with E-state index < -0.39 is 0 Å². The van der Waals surface area contributed by atoms with Crippen LogP contribution >= 0.6 is 15.9 Å². The first-order chi connectivity index (χ1) is 13.0. The molecule has 0 fully saturated rings. The monoisotopic (exact) mass is 432 g/mol. The van der Waals surface area contributed by atoms with Gasteiger partial charge in [-0.2, -0.15) is 0 Å². The Morgan fingerprint density at radius 1 is 1.19 bits per heavy atom. The zero-order chi connectivity index (χ0) is 19.6. The predicted octanol–water partition coefficient (Wildman–Crippen LogP) is 3.46. The lowest BCUT2D eigenvalue weighted by Gasteiger charge is -2.13. The highest BCUT2D eigenvalue weighted by molar-refractivity contribution is 9.10. The summed E-state index contributed by atoms with van der Waals surface area (Å²) in [6.45, 7) is 5.19. The average molecular weight is 433 g/mol. The van der Waals surface area contributed by atoms with Gasteiger partial charge in [-0.15, -0.1) is 0 Å². The topological polar surface area (TPSA) is 74.8 Å². The summed E-state index contributed by atoms with van der Waals surface area (Å²) in [7, 11) is 1.64. The number of hydrogen-bond donors (Lipinski definition) is 3. The van der Waals surface area contributed by atoms with Crippen LogP contribution in [0.3, 0.4) is 0 Å². The third-order valence-corrected chi connectivity index (χ3v) is 4.33. The molecule has 0 unspecified atom stereocenters. The Labute approximate surface area is 168 Å². The molecule has 3 N–H and O–H groups in total. The van der Waals surface area contributed by atoms with E-state index in [0.717, 1.165) is 27.0 Å². The number of anilines is 1. The van der Waals surface area contributed by atoms with Crippen LogP contribution in [-0.2, 0) is 11.3 Å². The molecule has 0 aliphatic rings. The average Bonchev–Trinajstić information content (AvgIpc) is 2.67. The highest BCUT2D eigenvalue weighted by atomic mass is 79.9. The first kappa shape index (κ1) is 20.8. The van der Waals surface area contributed by atoms with Crippen LogP contribution in [0, 0.1) is 6.92 Å². The van der Waals surface area contributed by atoms with Crippen molar-refractivity contribution in [2.45, 2.75) is 20.4 Å². The Balaban J connectivity index is 1.97. The number of halogens is 1. The van der Waals surface area contributed by atoms with Gasteiger partial charge in [0.25, 0.3) is 0 Å². The van der Waals surface area contributed by atoms with Crippen LogP contribution in [0.5, 0.6) is 5.75 Å². The number of nitrogens with one attached hydrogen (secondary N) is 3. The number of rotatable bonds is 7. The molecule has 0 saturated heterocycles. The molecule has 2 rings (SSSR count). The minimum absolute atomic E-state index is 0.115. The van der Waals surface area contributed by atoms with Gasteiger partial charge in [0.05, 0.1) is 20.2 Å². The SMILES string of the molecule is CCNC(=NCc1ccccc1OC)NCC(=O)Nc1cc(Br)ccc1C. The smallest absolute Gasteiger partial charge is 0.243 e. The van der Waals surface area contributed by atoms with E-state index in [1.54, 1.807) is 7.11 Å². The molecule has 2 aromatic carbocycles. The maximum Gasteiger partial charge on any atom is 0.243 e. The van der Waals surface area contributed by atoms with Crippen molar-refractivity contribution in [2.24, 2.45) is 4.99 Å². The Morgan fingerprint density at radius 2 is 1.96 bits per heavy atom. The van der Waals surface area contributed by atoms with Gasteiger partial charge in [0.15, 0.2) is 5.96 Å². The van der Waals surface area contributed by atoms with Crippen molar-refractivity contribution in [2.75, 3.05) is 25.5 Å². The maximum atomic E-state index is 12.3. The minimum Gasteiger partial charge on any atom is -0.496 e. The molecule has 0 aromatic heterocycles. The van der Waals surface area contributed by atoms with Gasteiger partial charge in [0.2, 0.25) is 5.91 Å². The third-order valence-electron chi connectivity index (χ3n) is 3.83. The number of carbonyl (C=O) groups is 1. The summed E-state index contributed by atoms with van der Waals surface area (Å²) in [6, 6.07) is 13.5. The Morgan fingerprint density at radius 3 is 2.70 bits per heavy atom. The quantitative estimate of drug-likeness (QED) is 0.462. The summed E-state index contributed by atoms with van der Waals surface area (Å²) >= 11 is 3.42. The van der Waals surface area contributed by atoms with Gasteiger partial charge in [-0.3, -0.25) is 4.79 Å². The van der Waals surface area contributed by atoms with Crippen molar-refractivity contribution in [1.29, 1.82) is 0 Å². The number of benzene rings is 2. The molecule has 0 saturated carbocycles. The number of carbonyl (C=O) groups excluding carboxylic acids is 1. The fourth-order valence-corrected chi connectivity index (χ4v) is 2.79. The van der Waals surface area contributed by atoms with Crippen LogP contribution in [0.2, 0.25) is 0 Å². The molecule has 144 valence electrons. The van der Waals surface area contributed by atoms with Crippen molar-refractivity contribution in [3.05, 3.63) is 58.1 Å². The summed E-state index contributed by atoms with van der Waals surface area (Å²) in [5.74, 6) is 1.23. The Kier molecular flexibility index (Phi) is 8.13. The van der Waals surface area contributed by atoms with Crippen molar-refractivity contribution >= 4 is 33.5 Å². The highest BCUT2D eigenvalue weighted by Crippen LogP contribution is 2.20. The molecule has 0 bridgehead atoms. The standard InChI is InChI=1S/C20H25BrN4O2/c1-4-22-20(23-12-15-7-5-6-8-18(15)27-3)24-13-19(26)25-17-11-16(21)10-9-14(17)2/h5-11H,4,12-13H2,1-3H3,(H,25,26)(H2,22,23,24). The molecule has 2 aromatic rings. The number of aliphatic imine (C=N–C) groups is 1. The number of amides is 1. The van der Waals surface area contributed by atoms with Crippen LogP contribution in [0.1, 0.15) is 18.1 Å². The molecule has 7 heteroatoms. The third kappa shape index (κ3) is 6.60. The molecular weight excluding hydrogens is 408 g/mol. The number of guanidine groups is 1. The lowest BCUT2D eigenvalue weighted by molar-refractivity contribution is -0.115. The molecule has 1 amide bonds. The molecule has 0 atom stereocenters. The van der Waals surface area contributed by atoms with Crippen LogP contribution in [0.25, 0.3) is 0 Å². The second kappa shape index (κ2) is 10.6. The van der Waals surface area contributed by atoms with E-state index in [-0.39, 0.29) is 12.5 Å². The molecule has 6 nitrogen and oxygen atoms in total. The van der Waals surface area contributed by atoms with Gasteiger partial charge < -0.3 is 20.7 Å². The van der Waals surface area contributed by atoms with E-state index in [1.165, 1.54) is 0 Å². The number of para-hydroxylation sites is 1. The molecular formula is C20H25BrN4O2. The Bertz CT molecular complexity index is 808. The van der Waals surface area contributed by atoms with E-state index in [0.29, 0.717) is 19.0 Å². The van der Waals surface area contributed by atoms with E-state index in [9.17, 15) is 4.79 Å². The number of ether oxygens (including phenoxy) is 1. The number of nitrogens with zero attached hydrogens (tertiary/aromatic N) is 1. The van der Waals surface area contributed by atoms with Crippen LogP contribution in [-0.4, -0.2) is 32.1 Å². The highest BCUT2D eigenvalue weighted by Gasteiger charge is 2.07. The number of hydrogen-bond acceptors (Lipinski definition) is 3. The largest absolute Gasteiger partial charge is 0.496 e. The van der Waals surface area contributed by atoms with Gasteiger partial charge in [-0.1, -0.05) is 40.2 Å². The first-order valence-electron chi connectivity index (χ1n) is 8.73. The maximum absolute atomic E-state index is 12.3. The fraction of sp³-hybridized carbons (Fsp3) is 0.300. The van der Waals surface area contributed by atoms with E-state index in [4.69, 9.17) is 4.74 Å². The summed E-state index contributed by atoms with van der Waals surface area (Å²) in [5.41, 5.74) is 2.77. The van der Waals surface area contributed by atoms with Gasteiger partial charge >= 0.3 is 0 Å². The van der Waals surface area contributed by atoms with E-state index >= 15 is 0 Å². The summed E-state index contributed by atoms with van der Waals surface area (Å²) in [6.07, 6.45) is 0.